The maximum atomic E-state index is 12.9. The fourth-order valence-electron chi connectivity index (χ4n) is 3.86. The minimum absolute atomic E-state index is 0. The van der Waals surface area contributed by atoms with E-state index in [4.69, 9.17) is 4.42 Å². The lowest BCUT2D eigenvalue weighted by molar-refractivity contribution is -0.132. The Morgan fingerprint density at radius 3 is 2.46 bits per heavy atom. The zero-order valence-corrected chi connectivity index (χ0v) is 14.4. The van der Waals surface area contributed by atoms with Gasteiger partial charge in [0.25, 0.3) is 0 Å². The van der Waals surface area contributed by atoms with E-state index in [-0.39, 0.29) is 24.2 Å². The normalized spacial score (nSPS) is 23.6. The van der Waals surface area contributed by atoms with Crippen LogP contribution >= 0.6 is 12.4 Å². The van der Waals surface area contributed by atoms with Gasteiger partial charge in [-0.1, -0.05) is 30.3 Å². The number of nitrogens with one attached hydrogen (secondary N) is 1. The van der Waals surface area contributed by atoms with Gasteiger partial charge in [0.1, 0.15) is 5.76 Å². The second-order valence-electron chi connectivity index (χ2n) is 6.62. The SMILES string of the molecule is Cl.O=C(CC(c1ccccc1)c1ccco1)N1C[C@H]2CC[C@@H](C1)N2. The number of amides is 1. The number of fused-ring (bicyclic) bond motifs is 2. The van der Waals surface area contributed by atoms with Crippen LogP contribution in [0.2, 0.25) is 0 Å². The third-order valence-electron chi connectivity index (χ3n) is 5.04. The zero-order valence-electron chi connectivity index (χ0n) is 13.6. The third-order valence-corrected chi connectivity index (χ3v) is 5.04. The van der Waals surface area contributed by atoms with Gasteiger partial charge in [-0.2, -0.15) is 0 Å². The summed E-state index contributed by atoms with van der Waals surface area (Å²) in [7, 11) is 0. The Bertz CT molecular complexity index is 647. The van der Waals surface area contributed by atoms with Crippen LogP contribution in [0, 0.1) is 0 Å². The van der Waals surface area contributed by atoms with E-state index in [2.05, 4.69) is 17.4 Å². The number of carbonyl (C=O) groups is 1. The fourth-order valence-corrected chi connectivity index (χ4v) is 3.86. The van der Waals surface area contributed by atoms with Crippen molar-refractivity contribution in [3.63, 3.8) is 0 Å². The first-order valence-electron chi connectivity index (χ1n) is 8.42. The molecule has 5 heteroatoms. The second kappa shape index (κ2) is 7.41. The van der Waals surface area contributed by atoms with Gasteiger partial charge in [-0.3, -0.25) is 4.79 Å². The number of halogens is 1. The summed E-state index contributed by atoms with van der Waals surface area (Å²) < 4.78 is 5.61. The number of hydrogen-bond donors (Lipinski definition) is 1. The monoisotopic (exact) mass is 346 g/mol. The molecule has 1 N–H and O–H groups in total. The molecule has 1 amide bonds. The molecular formula is C19H23ClN2O2. The Morgan fingerprint density at radius 1 is 1.12 bits per heavy atom. The van der Waals surface area contributed by atoms with Gasteiger partial charge in [-0.05, 0) is 30.5 Å². The van der Waals surface area contributed by atoms with Crippen LogP contribution in [-0.4, -0.2) is 36.0 Å². The van der Waals surface area contributed by atoms with Gasteiger partial charge < -0.3 is 14.6 Å². The van der Waals surface area contributed by atoms with Crippen LogP contribution in [0.5, 0.6) is 0 Å². The van der Waals surface area contributed by atoms with E-state index in [0.29, 0.717) is 18.5 Å². The fraction of sp³-hybridized carbons (Fsp3) is 0.421. The maximum Gasteiger partial charge on any atom is 0.223 e. The molecule has 2 saturated heterocycles. The summed E-state index contributed by atoms with van der Waals surface area (Å²) in [5.41, 5.74) is 1.13. The summed E-state index contributed by atoms with van der Waals surface area (Å²) in [5.74, 6) is 1.09. The van der Waals surface area contributed by atoms with E-state index in [1.54, 1.807) is 6.26 Å². The van der Waals surface area contributed by atoms with E-state index in [1.807, 2.05) is 35.2 Å². The molecule has 3 atom stereocenters. The Morgan fingerprint density at radius 2 is 1.83 bits per heavy atom. The number of rotatable bonds is 4. The highest BCUT2D eigenvalue weighted by atomic mass is 35.5. The number of nitrogens with zero attached hydrogens (tertiary/aromatic N) is 1. The first kappa shape index (κ1) is 17.1. The molecule has 1 aromatic carbocycles. The molecule has 3 heterocycles. The van der Waals surface area contributed by atoms with Crippen LogP contribution in [0.25, 0.3) is 0 Å². The predicted molar refractivity (Wildman–Crippen MR) is 95.4 cm³/mol. The van der Waals surface area contributed by atoms with Crippen molar-refractivity contribution in [1.29, 1.82) is 0 Å². The zero-order chi connectivity index (χ0) is 15.6. The van der Waals surface area contributed by atoms with E-state index in [9.17, 15) is 4.79 Å². The minimum atomic E-state index is -0.00811. The number of piperazine rings is 1. The molecule has 4 rings (SSSR count). The predicted octanol–water partition coefficient (Wildman–Crippen LogP) is 3.19. The highest BCUT2D eigenvalue weighted by Gasteiger charge is 2.35. The molecular weight excluding hydrogens is 324 g/mol. The molecule has 0 saturated carbocycles. The minimum Gasteiger partial charge on any atom is -0.469 e. The first-order valence-corrected chi connectivity index (χ1v) is 8.42. The molecule has 1 unspecified atom stereocenters. The highest BCUT2D eigenvalue weighted by molar-refractivity contribution is 5.85. The van der Waals surface area contributed by atoms with Crippen LogP contribution in [0.15, 0.2) is 53.1 Å². The van der Waals surface area contributed by atoms with Gasteiger partial charge in [0.15, 0.2) is 0 Å². The van der Waals surface area contributed by atoms with Gasteiger partial charge in [-0.15, -0.1) is 12.4 Å². The molecule has 4 nitrogen and oxygen atoms in total. The van der Waals surface area contributed by atoms with E-state index in [1.165, 1.54) is 12.8 Å². The number of hydrogen-bond acceptors (Lipinski definition) is 3. The van der Waals surface area contributed by atoms with Crippen molar-refractivity contribution in [2.24, 2.45) is 0 Å². The van der Waals surface area contributed by atoms with Crippen molar-refractivity contribution in [1.82, 2.24) is 10.2 Å². The van der Waals surface area contributed by atoms with E-state index in [0.717, 1.165) is 24.4 Å². The molecule has 128 valence electrons. The molecule has 2 aliphatic heterocycles. The van der Waals surface area contributed by atoms with E-state index >= 15 is 0 Å². The average Bonchev–Trinajstić information content (AvgIpc) is 3.23. The molecule has 2 aromatic rings. The van der Waals surface area contributed by atoms with Crippen LogP contribution in [0.3, 0.4) is 0 Å². The summed E-state index contributed by atoms with van der Waals surface area (Å²) in [6, 6.07) is 15.0. The summed E-state index contributed by atoms with van der Waals surface area (Å²) >= 11 is 0. The average molecular weight is 347 g/mol. The largest absolute Gasteiger partial charge is 0.469 e. The number of likely N-dealkylation sites (tertiary alicyclic amines) is 1. The van der Waals surface area contributed by atoms with Gasteiger partial charge in [0, 0.05) is 31.6 Å². The topological polar surface area (TPSA) is 45.5 Å². The van der Waals surface area contributed by atoms with Crippen LogP contribution in [-0.2, 0) is 4.79 Å². The van der Waals surface area contributed by atoms with Gasteiger partial charge >= 0.3 is 0 Å². The highest BCUT2D eigenvalue weighted by Crippen LogP contribution is 2.30. The molecule has 1 aromatic heterocycles. The number of furan rings is 1. The molecule has 0 aliphatic carbocycles. The maximum absolute atomic E-state index is 12.9. The Hall–Kier alpha value is -1.78. The number of carbonyl (C=O) groups excluding carboxylic acids is 1. The first-order chi connectivity index (χ1) is 11.3. The summed E-state index contributed by atoms with van der Waals surface area (Å²) in [6.07, 6.45) is 4.53. The van der Waals surface area contributed by atoms with Gasteiger partial charge in [0.2, 0.25) is 5.91 Å². The van der Waals surface area contributed by atoms with Crippen LogP contribution in [0.1, 0.15) is 36.5 Å². The number of benzene rings is 1. The van der Waals surface area contributed by atoms with Crippen molar-refractivity contribution in [3.05, 3.63) is 60.1 Å². The second-order valence-corrected chi connectivity index (χ2v) is 6.62. The molecule has 0 radical (unpaired) electrons. The van der Waals surface area contributed by atoms with Crippen molar-refractivity contribution in [2.45, 2.75) is 37.3 Å². The van der Waals surface area contributed by atoms with Crippen molar-refractivity contribution < 1.29 is 9.21 Å². The van der Waals surface area contributed by atoms with Gasteiger partial charge in [0.05, 0.1) is 12.2 Å². The lowest BCUT2D eigenvalue weighted by Gasteiger charge is -2.33. The van der Waals surface area contributed by atoms with Crippen molar-refractivity contribution in [3.8, 4) is 0 Å². The molecule has 2 aliphatic rings. The van der Waals surface area contributed by atoms with Crippen LogP contribution < -0.4 is 5.32 Å². The van der Waals surface area contributed by atoms with Crippen LogP contribution in [0.4, 0.5) is 0 Å². The van der Waals surface area contributed by atoms with Gasteiger partial charge in [-0.25, -0.2) is 0 Å². The standard InChI is InChI=1S/C19H22N2O2.ClH/c22-19(21-12-15-8-9-16(13-21)20-15)11-17(18-7-4-10-23-18)14-5-2-1-3-6-14;/h1-7,10,15-17,20H,8-9,11-13H2;1H/t15-,16+,17?;. The lowest BCUT2D eigenvalue weighted by Crippen LogP contribution is -2.53. The molecule has 24 heavy (non-hydrogen) atoms. The van der Waals surface area contributed by atoms with E-state index < -0.39 is 0 Å². The molecule has 2 fully saturated rings. The summed E-state index contributed by atoms with van der Waals surface area (Å²) in [4.78, 5) is 14.9. The third kappa shape index (κ3) is 3.50. The van der Waals surface area contributed by atoms with Crippen molar-refractivity contribution in [2.75, 3.05) is 13.1 Å². The summed E-state index contributed by atoms with van der Waals surface area (Å²) in [5, 5.41) is 3.58. The molecule has 2 bridgehead atoms. The smallest absolute Gasteiger partial charge is 0.223 e. The lowest BCUT2D eigenvalue weighted by atomic mass is 9.92. The molecule has 0 spiro atoms. The summed E-state index contributed by atoms with van der Waals surface area (Å²) in [6.45, 7) is 1.68. The Labute approximate surface area is 148 Å². The quantitative estimate of drug-likeness (QED) is 0.924. The Balaban J connectivity index is 0.00000169. The Kier molecular flexibility index (Phi) is 5.27. The van der Waals surface area contributed by atoms with Crippen molar-refractivity contribution >= 4 is 18.3 Å².